The lowest BCUT2D eigenvalue weighted by molar-refractivity contribution is -0.0505. The molecule has 6 fully saturated rings. The third-order valence-electron chi connectivity index (χ3n) is 14.3. The molecule has 10 nitrogen and oxygen atoms in total. The molecule has 3 aromatic heterocycles. The molecule has 6 aromatic rings. The van der Waals surface area contributed by atoms with Crippen LogP contribution in [0.3, 0.4) is 0 Å². The Bertz CT molecular complexity index is 2280. The van der Waals surface area contributed by atoms with Crippen molar-refractivity contribution < 1.29 is 18.9 Å². The van der Waals surface area contributed by atoms with Crippen LogP contribution < -0.4 is 18.9 Å². The van der Waals surface area contributed by atoms with E-state index in [2.05, 4.69) is 72.2 Å². The number of benzene rings is 3. The standard InChI is InChI=1S/C48H54N6O4/c1-5-29-27-53-21-17-31(29)23-43(53)45(35-15-19-49-41-13-11-33(55-3)25-39(35)41)57-47-37-9-7-8-10-38(37)48(52-51-47)58-46(44-24-32-18-22-54(44)28-30(32)6-2)36-16-20-50-42-14-12-34(56-4)26-40(36)42/h7-16,19-20,25-26,29-32,43-46H,5-6,17-18,21-24,27-28H2,1-4H3/t29-,30-,31+,32?,43?,44+,45-,46-/m0/s1. The van der Waals surface area contributed by atoms with Crippen molar-refractivity contribution in [1.29, 1.82) is 0 Å². The van der Waals surface area contributed by atoms with E-state index >= 15 is 0 Å². The Labute approximate surface area is 340 Å². The van der Waals surface area contributed by atoms with Gasteiger partial charge in [0, 0.05) is 47.4 Å². The van der Waals surface area contributed by atoms with E-state index in [0.717, 1.165) is 94.2 Å². The first-order valence-corrected chi connectivity index (χ1v) is 21.5. The summed E-state index contributed by atoms with van der Waals surface area (Å²) < 4.78 is 26.0. The van der Waals surface area contributed by atoms with Crippen molar-refractivity contribution >= 4 is 32.6 Å². The van der Waals surface area contributed by atoms with Gasteiger partial charge < -0.3 is 18.9 Å². The monoisotopic (exact) mass is 778 g/mol. The molecule has 0 saturated carbocycles. The Hall–Kier alpha value is -5.06. The van der Waals surface area contributed by atoms with Gasteiger partial charge in [-0.15, -0.1) is 10.2 Å². The summed E-state index contributed by atoms with van der Waals surface area (Å²) in [7, 11) is 3.42. The van der Waals surface area contributed by atoms with Crippen molar-refractivity contribution in [3.05, 3.63) is 96.3 Å². The maximum atomic E-state index is 7.30. The summed E-state index contributed by atoms with van der Waals surface area (Å²) in [4.78, 5) is 14.8. The number of aromatic nitrogens is 4. The second-order valence-electron chi connectivity index (χ2n) is 17.0. The fourth-order valence-electron chi connectivity index (χ4n) is 11.1. The second-order valence-corrected chi connectivity index (χ2v) is 17.0. The lowest BCUT2D eigenvalue weighted by Crippen LogP contribution is -2.56. The highest BCUT2D eigenvalue weighted by Gasteiger charge is 2.46. The van der Waals surface area contributed by atoms with Gasteiger partial charge in [0.05, 0.1) is 48.1 Å². The summed E-state index contributed by atoms with van der Waals surface area (Å²) in [6.07, 6.45) is 10.2. The van der Waals surface area contributed by atoms with E-state index in [0.29, 0.717) is 35.4 Å². The smallest absolute Gasteiger partial charge is 0.242 e. The predicted octanol–water partition coefficient (Wildman–Crippen LogP) is 9.22. The molecular formula is C48H54N6O4. The average molecular weight is 779 g/mol. The lowest BCUT2D eigenvalue weighted by atomic mass is 9.72. The van der Waals surface area contributed by atoms with Crippen LogP contribution in [-0.4, -0.2) is 82.4 Å². The van der Waals surface area contributed by atoms with Gasteiger partial charge in [0.25, 0.3) is 0 Å². The zero-order valence-electron chi connectivity index (χ0n) is 34.1. The number of pyridine rings is 2. The Balaban J connectivity index is 1.06. The molecule has 6 aliphatic heterocycles. The molecule has 58 heavy (non-hydrogen) atoms. The number of rotatable bonds is 12. The number of ether oxygens (including phenoxy) is 4. The van der Waals surface area contributed by atoms with Gasteiger partial charge in [-0.1, -0.05) is 38.8 Å². The quantitative estimate of drug-likeness (QED) is 0.120. The summed E-state index contributed by atoms with van der Waals surface area (Å²) in [5.41, 5.74) is 4.01. The minimum absolute atomic E-state index is 0.180. The van der Waals surface area contributed by atoms with Crippen LogP contribution in [0.25, 0.3) is 32.6 Å². The van der Waals surface area contributed by atoms with Crippen molar-refractivity contribution in [2.24, 2.45) is 23.7 Å². The van der Waals surface area contributed by atoms with E-state index in [4.69, 9.17) is 39.1 Å². The van der Waals surface area contributed by atoms with Gasteiger partial charge in [-0.2, -0.15) is 0 Å². The van der Waals surface area contributed by atoms with Crippen molar-refractivity contribution in [1.82, 2.24) is 30.0 Å². The highest BCUT2D eigenvalue weighted by atomic mass is 16.5. The van der Waals surface area contributed by atoms with Crippen LogP contribution in [-0.2, 0) is 0 Å². The molecule has 6 saturated heterocycles. The van der Waals surface area contributed by atoms with E-state index < -0.39 is 0 Å². The van der Waals surface area contributed by atoms with E-state index in [1.807, 2.05) is 36.7 Å². The maximum Gasteiger partial charge on any atom is 0.242 e. The Morgan fingerprint density at radius 1 is 0.603 bits per heavy atom. The van der Waals surface area contributed by atoms with Crippen LogP contribution in [0.1, 0.15) is 75.7 Å². The number of hydrogen-bond donors (Lipinski definition) is 0. The molecule has 10 heteroatoms. The van der Waals surface area contributed by atoms with Crippen molar-refractivity contribution in [2.75, 3.05) is 40.4 Å². The van der Waals surface area contributed by atoms with E-state index in [-0.39, 0.29) is 24.3 Å². The van der Waals surface area contributed by atoms with Crippen LogP contribution >= 0.6 is 0 Å². The van der Waals surface area contributed by atoms with Gasteiger partial charge >= 0.3 is 0 Å². The van der Waals surface area contributed by atoms with Gasteiger partial charge in [-0.25, -0.2) is 0 Å². The van der Waals surface area contributed by atoms with Crippen LogP contribution in [0.15, 0.2) is 85.2 Å². The third kappa shape index (κ3) is 6.58. The third-order valence-corrected chi connectivity index (χ3v) is 14.3. The van der Waals surface area contributed by atoms with E-state index in [1.165, 1.54) is 25.7 Å². The largest absolute Gasteiger partial charge is 0.497 e. The first-order valence-electron chi connectivity index (χ1n) is 21.5. The normalized spacial score (nSPS) is 27.4. The van der Waals surface area contributed by atoms with Crippen LogP contribution in [0.5, 0.6) is 23.3 Å². The molecule has 0 N–H and O–H groups in total. The van der Waals surface area contributed by atoms with Gasteiger partial charge in [0.1, 0.15) is 23.7 Å². The fraction of sp³-hybridized carbons (Fsp3) is 0.458. The Kier molecular flexibility index (Phi) is 10.0. The van der Waals surface area contributed by atoms with Crippen molar-refractivity contribution in [3.8, 4) is 23.3 Å². The van der Waals surface area contributed by atoms with E-state index in [1.54, 1.807) is 14.2 Å². The maximum absolute atomic E-state index is 7.30. The molecule has 0 spiro atoms. The molecule has 3 aromatic carbocycles. The molecule has 4 bridgehead atoms. The Morgan fingerprint density at radius 2 is 1.07 bits per heavy atom. The summed E-state index contributed by atoms with van der Waals surface area (Å²) in [6, 6.07) is 25.1. The SMILES string of the molecule is CC[C@H]1CN2CCC1C[C@@H]2[C@@H](Oc1nnc(O[C@@H](c2ccnc3ccc(OC)cc23)C2C[C@H]3CCN2C[C@@H]3CC)c2ccccc12)c1ccnc2ccc(OC)cc12. The molecule has 0 aliphatic carbocycles. The van der Waals surface area contributed by atoms with Gasteiger partial charge in [0.15, 0.2) is 0 Å². The Morgan fingerprint density at radius 3 is 1.47 bits per heavy atom. The molecule has 9 heterocycles. The molecule has 0 radical (unpaired) electrons. The average Bonchev–Trinajstić information content (AvgIpc) is 3.29. The fourth-order valence-corrected chi connectivity index (χ4v) is 11.1. The minimum atomic E-state index is -0.300. The molecule has 300 valence electrons. The molecule has 4 unspecified atom stereocenters. The summed E-state index contributed by atoms with van der Waals surface area (Å²) in [5.74, 6) is 5.39. The van der Waals surface area contributed by atoms with Crippen molar-refractivity contribution in [2.45, 2.75) is 76.7 Å². The predicted molar refractivity (Wildman–Crippen MR) is 227 cm³/mol. The number of piperidine rings is 6. The number of hydrogen-bond acceptors (Lipinski definition) is 10. The molecule has 10 atom stereocenters. The van der Waals surface area contributed by atoms with Crippen molar-refractivity contribution in [3.63, 3.8) is 0 Å². The zero-order chi connectivity index (χ0) is 39.3. The first-order chi connectivity index (χ1) is 28.5. The molecule has 0 amide bonds. The minimum Gasteiger partial charge on any atom is -0.497 e. The second kappa shape index (κ2) is 15.6. The topological polar surface area (TPSA) is 95.0 Å². The van der Waals surface area contributed by atoms with Gasteiger partial charge in [-0.3, -0.25) is 19.8 Å². The lowest BCUT2D eigenvalue weighted by Gasteiger charge is -2.52. The zero-order valence-corrected chi connectivity index (χ0v) is 34.1. The summed E-state index contributed by atoms with van der Waals surface area (Å²) in [6.45, 7) is 9.00. The van der Waals surface area contributed by atoms with E-state index in [9.17, 15) is 0 Å². The first kappa shape index (κ1) is 37.2. The molecule has 12 rings (SSSR count). The highest BCUT2D eigenvalue weighted by Crippen LogP contribution is 2.47. The van der Waals surface area contributed by atoms with Gasteiger partial charge in [-0.05, 0) is 123 Å². The van der Waals surface area contributed by atoms with Crippen LogP contribution in [0.2, 0.25) is 0 Å². The van der Waals surface area contributed by atoms with Crippen LogP contribution in [0.4, 0.5) is 0 Å². The van der Waals surface area contributed by atoms with Crippen LogP contribution in [0, 0.1) is 23.7 Å². The van der Waals surface area contributed by atoms with Gasteiger partial charge in [0.2, 0.25) is 11.8 Å². The molecular weight excluding hydrogens is 725 g/mol. The number of methoxy groups -OCH3 is 2. The summed E-state index contributed by atoms with van der Waals surface area (Å²) >= 11 is 0. The highest BCUT2D eigenvalue weighted by molar-refractivity contribution is 5.91. The summed E-state index contributed by atoms with van der Waals surface area (Å²) in [5, 5.41) is 13.7. The number of fused-ring (bicyclic) bond motifs is 9. The number of nitrogens with zero attached hydrogens (tertiary/aromatic N) is 6. The molecule has 6 aliphatic rings.